The number of aromatic nitrogens is 2. The molecule has 0 radical (unpaired) electrons. The van der Waals surface area contributed by atoms with Gasteiger partial charge in [-0.25, -0.2) is 4.79 Å². The van der Waals surface area contributed by atoms with Gasteiger partial charge in [0, 0.05) is 33.9 Å². The molecule has 3 aromatic rings. The molecule has 0 unspecified atom stereocenters. The molecule has 2 amide bonds. The van der Waals surface area contributed by atoms with Gasteiger partial charge in [-0.1, -0.05) is 0 Å². The van der Waals surface area contributed by atoms with Gasteiger partial charge in [0.05, 0.1) is 18.3 Å². The number of fused-ring (bicyclic) bond motifs is 1. The number of rotatable bonds is 6. The maximum absolute atomic E-state index is 12.8. The first kappa shape index (κ1) is 17.4. The third kappa shape index (κ3) is 4.58. The van der Waals surface area contributed by atoms with Gasteiger partial charge in [0.1, 0.15) is 0 Å². The van der Waals surface area contributed by atoms with Crippen LogP contribution in [0.15, 0.2) is 36.5 Å². The molecule has 0 bridgehead atoms. The van der Waals surface area contributed by atoms with Crippen molar-refractivity contribution in [3.05, 3.63) is 46.3 Å². The summed E-state index contributed by atoms with van der Waals surface area (Å²) in [5.74, 6) is 0. The number of aromatic amines is 1. The van der Waals surface area contributed by atoms with Crippen molar-refractivity contribution >= 4 is 34.0 Å². The molecule has 2 heterocycles. The molecule has 0 aliphatic heterocycles. The van der Waals surface area contributed by atoms with Crippen molar-refractivity contribution in [2.24, 2.45) is 0 Å². The van der Waals surface area contributed by atoms with Gasteiger partial charge in [-0.15, -0.1) is 11.3 Å². The lowest BCUT2D eigenvalue weighted by molar-refractivity contribution is 0.203. The molecule has 0 aliphatic carbocycles. The summed E-state index contributed by atoms with van der Waals surface area (Å²) in [4.78, 5) is 19.2. The Kier molecular flexibility index (Phi) is 5.35. The molecule has 0 atom stereocenters. The predicted octanol–water partition coefficient (Wildman–Crippen LogP) is 3.53. The number of hydrogen-bond donors (Lipinski definition) is 2. The molecule has 0 saturated carbocycles. The normalized spacial score (nSPS) is 11.2. The molecule has 0 saturated heterocycles. The molecule has 132 valence electrons. The van der Waals surface area contributed by atoms with Crippen LogP contribution in [0.25, 0.3) is 10.9 Å². The van der Waals surface area contributed by atoms with Crippen molar-refractivity contribution in [3.63, 3.8) is 0 Å². The Bertz CT molecular complexity index is 854. The molecule has 0 fully saturated rings. The summed E-state index contributed by atoms with van der Waals surface area (Å²) in [7, 11) is 4.02. The van der Waals surface area contributed by atoms with Crippen LogP contribution in [0.5, 0.6) is 0 Å². The SMILES string of the molecule is Cc1ccc(CN(CCN(C)C)C(=O)Nc2ccc3[nH]ncc3c2)s1. The van der Waals surface area contributed by atoms with E-state index in [4.69, 9.17) is 0 Å². The highest BCUT2D eigenvalue weighted by atomic mass is 32.1. The topological polar surface area (TPSA) is 64.3 Å². The van der Waals surface area contributed by atoms with E-state index in [2.05, 4.69) is 39.5 Å². The summed E-state index contributed by atoms with van der Waals surface area (Å²) >= 11 is 1.73. The Labute approximate surface area is 151 Å². The molecule has 3 rings (SSSR count). The van der Waals surface area contributed by atoms with Crippen LogP contribution in [0.1, 0.15) is 9.75 Å². The summed E-state index contributed by atoms with van der Waals surface area (Å²) in [5, 5.41) is 10.9. The summed E-state index contributed by atoms with van der Waals surface area (Å²) < 4.78 is 0. The fourth-order valence-corrected chi connectivity index (χ4v) is 3.46. The Balaban J connectivity index is 1.72. The number of nitrogens with zero attached hydrogens (tertiary/aromatic N) is 3. The van der Waals surface area contributed by atoms with Crippen molar-refractivity contribution in [2.45, 2.75) is 13.5 Å². The molecule has 7 heteroatoms. The molecular formula is C18H23N5OS. The third-order valence-electron chi connectivity index (χ3n) is 3.94. The van der Waals surface area contributed by atoms with Crippen molar-refractivity contribution in [1.82, 2.24) is 20.0 Å². The maximum Gasteiger partial charge on any atom is 0.322 e. The van der Waals surface area contributed by atoms with Crippen LogP contribution in [0.3, 0.4) is 0 Å². The van der Waals surface area contributed by atoms with Crippen molar-refractivity contribution < 1.29 is 4.79 Å². The van der Waals surface area contributed by atoms with Crippen LogP contribution in [-0.2, 0) is 6.54 Å². The van der Waals surface area contributed by atoms with Gasteiger partial charge in [-0.05, 0) is 51.4 Å². The maximum atomic E-state index is 12.8. The third-order valence-corrected chi connectivity index (χ3v) is 4.92. The van der Waals surface area contributed by atoms with Gasteiger partial charge >= 0.3 is 6.03 Å². The average Bonchev–Trinajstić information content (AvgIpc) is 3.19. The first-order chi connectivity index (χ1) is 12.0. The van der Waals surface area contributed by atoms with Gasteiger partial charge in [0.25, 0.3) is 0 Å². The Hall–Kier alpha value is -2.38. The Morgan fingerprint density at radius 1 is 1.24 bits per heavy atom. The van der Waals surface area contributed by atoms with E-state index in [1.165, 1.54) is 9.75 Å². The molecule has 0 spiro atoms. The van der Waals surface area contributed by atoms with E-state index < -0.39 is 0 Å². The summed E-state index contributed by atoms with van der Waals surface area (Å²) in [6.45, 7) is 4.19. The fourth-order valence-electron chi connectivity index (χ4n) is 2.55. The number of likely N-dealkylation sites (N-methyl/N-ethyl adjacent to an activating group) is 1. The van der Waals surface area contributed by atoms with Crippen LogP contribution < -0.4 is 5.32 Å². The van der Waals surface area contributed by atoms with E-state index in [1.54, 1.807) is 17.5 Å². The first-order valence-electron chi connectivity index (χ1n) is 8.20. The van der Waals surface area contributed by atoms with Crippen molar-refractivity contribution in [2.75, 3.05) is 32.5 Å². The molecule has 0 aliphatic rings. The minimum Gasteiger partial charge on any atom is -0.318 e. The number of thiophene rings is 1. The minimum atomic E-state index is -0.0873. The lowest BCUT2D eigenvalue weighted by Gasteiger charge is -2.24. The van der Waals surface area contributed by atoms with Gasteiger partial charge in [-0.3, -0.25) is 5.10 Å². The molecule has 2 N–H and O–H groups in total. The molecule has 1 aromatic carbocycles. The van der Waals surface area contributed by atoms with Gasteiger partial charge in [0.2, 0.25) is 0 Å². The number of amides is 2. The fraction of sp³-hybridized carbons (Fsp3) is 0.333. The largest absolute Gasteiger partial charge is 0.322 e. The molecule has 6 nitrogen and oxygen atoms in total. The monoisotopic (exact) mass is 357 g/mol. The number of nitrogens with one attached hydrogen (secondary N) is 2. The highest BCUT2D eigenvalue weighted by Crippen LogP contribution is 2.19. The predicted molar refractivity (Wildman–Crippen MR) is 103 cm³/mol. The van der Waals surface area contributed by atoms with Gasteiger partial charge < -0.3 is 15.1 Å². The van der Waals surface area contributed by atoms with E-state index in [9.17, 15) is 4.79 Å². The second-order valence-electron chi connectivity index (χ2n) is 6.34. The summed E-state index contributed by atoms with van der Waals surface area (Å²) in [6, 6.07) is 9.83. The van der Waals surface area contributed by atoms with E-state index in [-0.39, 0.29) is 6.03 Å². The van der Waals surface area contributed by atoms with Gasteiger partial charge in [0.15, 0.2) is 0 Å². The van der Waals surface area contributed by atoms with E-state index in [0.717, 1.165) is 23.1 Å². The lowest BCUT2D eigenvalue weighted by atomic mass is 10.2. The van der Waals surface area contributed by atoms with Crippen LogP contribution in [0, 0.1) is 6.92 Å². The molecule has 2 aromatic heterocycles. The van der Waals surface area contributed by atoms with Crippen molar-refractivity contribution in [3.8, 4) is 0 Å². The average molecular weight is 357 g/mol. The minimum absolute atomic E-state index is 0.0873. The molecular weight excluding hydrogens is 334 g/mol. The van der Waals surface area contributed by atoms with Crippen LogP contribution in [-0.4, -0.2) is 53.2 Å². The van der Waals surface area contributed by atoms with E-state index in [0.29, 0.717) is 13.1 Å². The summed E-state index contributed by atoms with van der Waals surface area (Å²) in [6.07, 6.45) is 1.75. The van der Waals surface area contributed by atoms with Crippen LogP contribution in [0.2, 0.25) is 0 Å². The first-order valence-corrected chi connectivity index (χ1v) is 9.02. The smallest absolute Gasteiger partial charge is 0.318 e. The van der Waals surface area contributed by atoms with Crippen molar-refractivity contribution in [1.29, 1.82) is 0 Å². The number of H-pyrrole nitrogens is 1. The number of urea groups is 1. The van der Waals surface area contributed by atoms with E-state index >= 15 is 0 Å². The van der Waals surface area contributed by atoms with E-state index in [1.807, 2.05) is 37.2 Å². The number of carbonyl (C=O) groups is 1. The van der Waals surface area contributed by atoms with Crippen LogP contribution in [0.4, 0.5) is 10.5 Å². The summed E-state index contributed by atoms with van der Waals surface area (Å²) in [5.41, 5.74) is 1.73. The second-order valence-corrected chi connectivity index (χ2v) is 7.71. The molecule has 25 heavy (non-hydrogen) atoms. The number of benzene rings is 1. The zero-order chi connectivity index (χ0) is 17.8. The Morgan fingerprint density at radius 3 is 2.80 bits per heavy atom. The number of anilines is 1. The highest BCUT2D eigenvalue weighted by molar-refractivity contribution is 7.11. The standard InChI is InChI=1S/C18H23N5OS/c1-13-4-6-16(25-13)12-23(9-8-22(2)3)18(24)20-15-5-7-17-14(10-15)11-19-21-17/h4-7,10-11H,8-9,12H2,1-3H3,(H,19,21)(H,20,24). The lowest BCUT2D eigenvalue weighted by Crippen LogP contribution is -2.38. The highest BCUT2D eigenvalue weighted by Gasteiger charge is 2.15. The second kappa shape index (κ2) is 7.67. The zero-order valence-electron chi connectivity index (χ0n) is 14.7. The number of aryl methyl sites for hydroxylation is 1. The number of hydrogen-bond acceptors (Lipinski definition) is 4. The Morgan fingerprint density at radius 2 is 2.08 bits per heavy atom. The quantitative estimate of drug-likeness (QED) is 0.709. The number of carbonyl (C=O) groups excluding carboxylic acids is 1. The van der Waals surface area contributed by atoms with Gasteiger partial charge in [-0.2, -0.15) is 5.10 Å². The van der Waals surface area contributed by atoms with Crippen LogP contribution >= 0.6 is 11.3 Å². The zero-order valence-corrected chi connectivity index (χ0v) is 15.6.